The van der Waals surface area contributed by atoms with Gasteiger partial charge in [0.2, 0.25) is 5.95 Å². The number of hydrogen-bond acceptors (Lipinski definition) is 4. The Labute approximate surface area is 152 Å². The predicted molar refractivity (Wildman–Crippen MR) is 104 cm³/mol. The van der Waals surface area contributed by atoms with Crippen LogP contribution < -0.4 is 10.9 Å². The first-order valence-corrected chi connectivity index (χ1v) is 8.32. The number of anilines is 1. The molecule has 130 valence electrons. The van der Waals surface area contributed by atoms with Crippen molar-refractivity contribution in [2.45, 2.75) is 13.8 Å². The predicted octanol–water partition coefficient (Wildman–Crippen LogP) is 3.92. The van der Waals surface area contributed by atoms with E-state index in [-0.39, 0.29) is 5.91 Å². The number of hydrogen-bond donors (Lipinski definition) is 2. The fraction of sp³-hybridized carbons (Fsp3) is 0.0952. The van der Waals surface area contributed by atoms with E-state index in [0.29, 0.717) is 5.95 Å². The molecule has 0 saturated heterocycles. The average Bonchev–Trinajstić information content (AvgIpc) is 2.65. The molecule has 0 atom stereocenters. The standard InChI is InChI=1S/C21H20N4O/c1-15-13-16(2)23-21(22-15)25-24-20(26)12-11-17-7-6-10-19(14-17)18-8-4-3-5-9-18/h3-14H,1-2H3,(H,24,26)(H,22,23,25)/b12-11+. The maximum absolute atomic E-state index is 12.0. The Kier molecular flexibility index (Phi) is 5.39. The lowest BCUT2D eigenvalue weighted by atomic mass is 10.0. The summed E-state index contributed by atoms with van der Waals surface area (Å²) in [6.45, 7) is 3.75. The summed E-state index contributed by atoms with van der Waals surface area (Å²) in [7, 11) is 0. The van der Waals surface area contributed by atoms with Gasteiger partial charge in [-0.25, -0.2) is 9.97 Å². The van der Waals surface area contributed by atoms with Crippen molar-refractivity contribution in [3.8, 4) is 11.1 Å². The molecule has 0 spiro atoms. The molecule has 1 amide bonds. The first-order valence-electron chi connectivity index (χ1n) is 8.32. The smallest absolute Gasteiger partial charge is 0.262 e. The van der Waals surface area contributed by atoms with Crippen molar-refractivity contribution in [2.24, 2.45) is 0 Å². The Morgan fingerprint density at radius 1 is 0.885 bits per heavy atom. The minimum Gasteiger partial charge on any atom is -0.268 e. The summed E-state index contributed by atoms with van der Waals surface area (Å²) in [4.78, 5) is 20.4. The highest BCUT2D eigenvalue weighted by atomic mass is 16.2. The molecule has 3 aromatic rings. The van der Waals surface area contributed by atoms with Gasteiger partial charge in [0, 0.05) is 17.5 Å². The lowest BCUT2D eigenvalue weighted by Crippen LogP contribution is -2.28. The number of benzene rings is 2. The fourth-order valence-corrected chi connectivity index (χ4v) is 2.57. The third-order valence-corrected chi connectivity index (χ3v) is 3.70. The van der Waals surface area contributed by atoms with Crippen LogP contribution in [0.5, 0.6) is 0 Å². The van der Waals surface area contributed by atoms with Crippen molar-refractivity contribution in [1.82, 2.24) is 15.4 Å². The normalized spacial score (nSPS) is 10.7. The van der Waals surface area contributed by atoms with Gasteiger partial charge in [-0.05, 0) is 48.7 Å². The van der Waals surface area contributed by atoms with Gasteiger partial charge >= 0.3 is 0 Å². The molecule has 0 radical (unpaired) electrons. The first-order chi connectivity index (χ1) is 12.6. The Morgan fingerprint density at radius 2 is 1.58 bits per heavy atom. The van der Waals surface area contributed by atoms with Gasteiger partial charge in [0.05, 0.1) is 0 Å². The molecule has 1 heterocycles. The van der Waals surface area contributed by atoms with Gasteiger partial charge < -0.3 is 0 Å². The molecule has 26 heavy (non-hydrogen) atoms. The van der Waals surface area contributed by atoms with Gasteiger partial charge in [-0.1, -0.05) is 48.5 Å². The van der Waals surface area contributed by atoms with E-state index in [2.05, 4.69) is 33.0 Å². The lowest BCUT2D eigenvalue weighted by molar-refractivity contribution is -0.116. The molecule has 0 fully saturated rings. The third-order valence-electron chi connectivity index (χ3n) is 3.70. The van der Waals surface area contributed by atoms with E-state index in [9.17, 15) is 4.79 Å². The van der Waals surface area contributed by atoms with Crippen molar-refractivity contribution < 1.29 is 4.79 Å². The topological polar surface area (TPSA) is 66.9 Å². The number of aromatic nitrogens is 2. The van der Waals surface area contributed by atoms with Crippen LogP contribution in [0.25, 0.3) is 17.2 Å². The molecular weight excluding hydrogens is 324 g/mol. The van der Waals surface area contributed by atoms with Gasteiger partial charge in [-0.3, -0.25) is 15.6 Å². The molecule has 0 aliphatic heterocycles. The Bertz CT molecular complexity index is 916. The van der Waals surface area contributed by atoms with E-state index in [0.717, 1.165) is 28.1 Å². The van der Waals surface area contributed by atoms with Gasteiger partial charge in [0.1, 0.15) is 0 Å². The van der Waals surface area contributed by atoms with Crippen LogP contribution >= 0.6 is 0 Å². The van der Waals surface area contributed by atoms with Crippen LogP contribution in [-0.2, 0) is 4.79 Å². The maximum Gasteiger partial charge on any atom is 0.262 e. The Balaban J connectivity index is 1.63. The van der Waals surface area contributed by atoms with Crippen molar-refractivity contribution >= 4 is 17.9 Å². The average molecular weight is 344 g/mol. The monoisotopic (exact) mass is 344 g/mol. The first kappa shape index (κ1) is 17.4. The Morgan fingerprint density at radius 3 is 2.31 bits per heavy atom. The molecule has 0 bridgehead atoms. The van der Waals surface area contributed by atoms with E-state index < -0.39 is 0 Å². The molecule has 3 rings (SSSR count). The van der Waals surface area contributed by atoms with Crippen LogP contribution in [0.4, 0.5) is 5.95 Å². The minimum absolute atomic E-state index is 0.280. The van der Waals surface area contributed by atoms with Crippen LogP contribution in [0.3, 0.4) is 0 Å². The van der Waals surface area contributed by atoms with Gasteiger partial charge in [0.25, 0.3) is 5.91 Å². The SMILES string of the molecule is Cc1cc(C)nc(NNC(=O)/C=C/c2cccc(-c3ccccc3)c2)n1. The number of carbonyl (C=O) groups excluding carboxylic acids is 1. The van der Waals surface area contributed by atoms with E-state index in [1.54, 1.807) is 6.08 Å². The summed E-state index contributed by atoms with van der Waals surface area (Å²) in [5, 5.41) is 0. The van der Waals surface area contributed by atoms with Crippen molar-refractivity contribution in [3.05, 3.63) is 83.7 Å². The van der Waals surface area contributed by atoms with Crippen molar-refractivity contribution in [2.75, 3.05) is 5.43 Å². The number of aryl methyl sites for hydroxylation is 2. The Hall–Kier alpha value is -3.47. The molecule has 0 aliphatic carbocycles. The van der Waals surface area contributed by atoms with Gasteiger partial charge in [-0.15, -0.1) is 0 Å². The molecule has 2 aromatic carbocycles. The van der Waals surface area contributed by atoms with Crippen LogP contribution in [0.1, 0.15) is 17.0 Å². The summed E-state index contributed by atoms with van der Waals surface area (Å²) >= 11 is 0. The number of nitrogens with zero attached hydrogens (tertiary/aromatic N) is 2. The largest absolute Gasteiger partial charge is 0.268 e. The summed E-state index contributed by atoms with van der Waals surface area (Å²) < 4.78 is 0. The number of nitrogens with one attached hydrogen (secondary N) is 2. The minimum atomic E-state index is -0.280. The third kappa shape index (κ3) is 4.77. The summed E-state index contributed by atoms with van der Waals surface area (Å²) in [5.74, 6) is 0.0909. The molecule has 0 unspecified atom stereocenters. The second-order valence-electron chi connectivity index (χ2n) is 5.91. The fourth-order valence-electron chi connectivity index (χ4n) is 2.57. The second-order valence-corrected chi connectivity index (χ2v) is 5.91. The summed E-state index contributed by atoms with van der Waals surface area (Å²) in [6.07, 6.45) is 3.24. The zero-order valence-electron chi connectivity index (χ0n) is 14.7. The highest BCUT2D eigenvalue weighted by molar-refractivity contribution is 5.92. The van der Waals surface area contributed by atoms with E-state index in [4.69, 9.17) is 0 Å². The molecular formula is C21H20N4O. The molecule has 5 heteroatoms. The summed E-state index contributed by atoms with van der Waals surface area (Å²) in [6, 6.07) is 20.0. The number of hydrazine groups is 1. The number of carbonyl (C=O) groups is 1. The zero-order valence-corrected chi connectivity index (χ0v) is 14.7. The van der Waals surface area contributed by atoms with E-state index in [1.165, 1.54) is 6.08 Å². The van der Waals surface area contributed by atoms with Gasteiger partial charge in [0.15, 0.2) is 0 Å². The zero-order chi connectivity index (χ0) is 18.4. The van der Waals surface area contributed by atoms with Crippen LogP contribution in [0.15, 0.2) is 66.7 Å². The second kappa shape index (κ2) is 8.07. The van der Waals surface area contributed by atoms with Crippen LogP contribution in [0, 0.1) is 13.8 Å². The molecule has 0 saturated carbocycles. The van der Waals surface area contributed by atoms with E-state index in [1.807, 2.05) is 62.4 Å². The van der Waals surface area contributed by atoms with Crippen LogP contribution in [-0.4, -0.2) is 15.9 Å². The van der Waals surface area contributed by atoms with E-state index >= 15 is 0 Å². The molecule has 5 nitrogen and oxygen atoms in total. The quantitative estimate of drug-likeness (QED) is 0.544. The highest BCUT2D eigenvalue weighted by Gasteiger charge is 2.01. The molecule has 1 aromatic heterocycles. The van der Waals surface area contributed by atoms with Crippen molar-refractivity contribution in [3.63, 3.8) is 0 Å². The number of amides is 1. The van der Waals surface area contributed by atoms with Gasteiger partial charge in [-0.2, -0.15) is 0 Å². The number of rotatable bonds is 5. The molecule has 0 aliphatic rings. The lowest BCUT2D eigenvalue weighted by Gasteiger charge is -2.06. The summed E-state index contributed by atoms with van der Waals surface area (Å²) in [5.41, 5.74) is 10.2. The van der Waals surface area contributed by atoms with Crippen molar-refractivity contribution in [1.29, 1.82) is 0 Å². The van der Waals surface area contributed by atoms with Crippen LogP contribution in [0.2, 0.25) is 0 Å². The molecule has 2 N–H and O–H groups in total. The highest BCUT2D eigenvalue weighted by Crippen LogP contribution is 2.20. The maximum atomic E-state index is 12.0.